The maximum absolute atomic E-state index is 11.6. The average molecular weight is 229 g/mol. The van der Waals surface area contributed by atoms with Crippen molar-refractivity contribution in [1.82, 2.24) is 5.32 Å². The second-order valence-electron chi connectivity index (χ2n) is 4.47. The smallest absolute Gasteiger partial charge is 0.222 e. The van der Waals surface area contributed by atoms with Crippen molar-refractivity contribution in [2.75, 3.05) is 20.3 Å². The van der Waals surface area contributed by atoms with Gasteiger partial charge in [-0.1, -0.05) is 12.8 Å². The van der Waals surface area contributed by atoms with Gasteiger partial charge in [0.05, 0.1) is 6.61 Å². The number of methoxy groups -OCH3 is 1. The second-order valence-corrected chi connectivity index (χ2v) is 4.47. The summed E-state index contributed by atoms with van der Waals surface area (Å²) in [5.41, 5.74) is 0. The zero-order valence-electron chi connectivity index (χ0n) is 10.1. The van der Waals surface area contributed by atoms with E-state index in [2.05, 4.69) is 5.32 Å². The van der Waals surface area contributed by atoms with E-state index in [1.165, 1.54) is 25.7 Å². The lowest BCUT2D eigenvalue weighted by molar-refractivity contribution is -0.123. The Hall–Kier alpha value is -0.610. The van der Waals surface area contributed by atoms with Gasteiger partial charge in [0, 0.05) is 26.2 Å². The molecule has 0 aromatic rings. The molecule has 1 amide bonds. The summed E-state index contributed by atoms with van der Waals surface area (Å²) in [5.74, 6) is 0.589. The van der Waals surface area contributed by atoms with Crippen molar-refractivity contribution < 1.29 is 14.6 Å². The average Bonchev–Trinajstić information content (AvgIpc) is 2.79. The van der Waals surface area contributed by atoms with Crippen LogP contribution in [0.2, 0.25) is 0 Å². The third-order valence-corrected chi connectivity index (χ3v) is 3.29. The first kappa shape index (κ1) is 13.5. The highest BCUT2D eigenvalue weighted by Gasteiger charge is 2.25. The molecule has 0 saturated heterocycles. The molecular weight excluding hydrogens is 206 g/mol. The van der Waals surface area contributed by atoms with Crippen molar-refractivity contribution in [3.8, 4) is 0 Å². The zero-order valence-corrected chi connectivity index (χ0v) is 10.1. The largest absolute Gasteiger partial charge is 0.396 e. The van der Waals surface area contributed by atoms with Crippen LogP contribution < -0.4 is 5.32 Å². The van der Waals surface area contributed by atoms with Gasteiger partial charge in [-0.15, -0.1) is 0 Å². The molecule has 1 aliphatic carbocycles. The topological polar surface area (TPSA) is 58.6 Å². The summed E-state index contributed by atoms with van der Waals surface area (Å²) in [6, 6.07) is 0.150. The standard InChI is InChI=1S/C12H23NO3/c1-16-9-7-12(15)13-11(6-8-14)10-4-2-3-5-10/h10-11,14H,2-9H2,1H3,(H,13,15). The second kappa shape index (κ2) is 7.63. The molecule has 1 rings (SSSR count). The molecule has 0 aromatic heterocycles. The third kappa shape index (κ3) is 4.49. The normalized spacial score (nSPS) is 18.6. The minimum Gasteiger partial charge on any atom is -0.396 e. The van der Waals surface area contributed by atoms with Gasteiger partial charge in [-0.25, -0.2) is 0 Å². The number of aliphatic hydroxyl groups excluding tert-OH is 1. The molecule has 0 bridgehead atoms. The Morgan fingerprint density at radius 2 is 2.19 bits per heavy atom. The van der Waals surface area contributed by atoms with E-state index >= 15 is 0 Å². The fourth-order valence-corrected chi connectivity index (χ4v) is 2.40. The lowest BCUT2D eigenvalue weighted by atomic mass is 9.95. The summed E-state index contributed by atoms with van der Waals surface area (Å²) in [6.45, 7) is 0.605. The van der Waals surface area contributed by atoms with Crippen molar-refractivity contribution in [2.45, 2.75) is 44.6 Å². The highest BCUT2D eigenvalue weighted by molar-refractivity contribution is 5.76. The van der Waals surface area contributed by atoms with Crippen molar-refractivity contribution >= 4 is 5.91 Å². The van der Waals surface area contributed by atoms with Gasteiger partial charge in [0.15, 0.2) is 0 Å². The lowest BCUT2D eigenvalue weighted by Gasteiger charge is -2.24. The number of ether oxygens (including phenoxy) is 1. The van der Waals surface area contributed by atoms with E-state index in [1.54, 1.807) is 7.11 Å². The minimum atomic E-state index is 0.0344. The van der Waals surface area contributed by atoms with Crippen molar-refractivity contribution in [2.24, 2.45) is 5.92 Å². The molecule has 94 valence electrons. The first-order valence-corrected chi connectivity index (χ1v) is 6.17. The van der Waals surface area contributed by atoms with Gasteiger partial charge in [0.2, 0.25) is 5.91 Å². The van der Waals surface area contributed by atoms with Crippen molar-refractivity contribution in [3.63, 3.8) is 0 Å². The Morgan fingerprint density at radius 1 is 1.50 bits per heavy atom. The highest BCUT2D eigenvalue weighted by atomic mass is 16.5. The monoisotopic (exact) mass is 229 g/mol. The molecule has 0 spiro atoms. The molecule has 1 saturated carbocycles. The lowest BCUT2D eigenvalue weighted by Crippen LogP contribution is -2.40. The summed E-state index contributed by atoms with van der Waals surface area (Å²) >= 11 is 0. The quantitative estimate of drug-likeness (QED) is 0.687. The van der Waals surface area contributed by atoms with Crippen LogP contribution in [-0.2, 0) is 9.53 Å². The van der Waals surface area contributed by atoms with Gasteiger partial charge in [-0.2, -0.15) is 0 Å². The molecule has 0 aliphatic heterocycles. The summed E-state index contributed by atoms with van der Waals surface area (Å²) in [6.07, 6.45) is 5.93. The van der Waals surface area contributed by atoms with Gasteiger partial charge >= 0.3 is 0 Å². The van der Waals surface area contributed by atoms with Gasteiger partial charge in [-0.3, -0.25) is 4.79 Å². The number of amides is 1. The number of aliphatic hydroxyl groups is 1. The SMILES string of the molecule is COCCC(=O)NC(CCO)C1CCCC1. The fraction of sp³-hybridized carbons (Fsp3) is 0.917. The van der Waals surface area contributed by atoms with Crippen LogP contribution in [0, 0.1) is 5.92 Å². The Morgan fingerprint density at radius 3 is 2.75 bits per heavy atom. The Labute approximate surface area is 97.4 Å². The molecule has 4 nitrogen and oxygen atoms in total. The maximum atomic E-state index is 11.6. The van der Waals surface area contributed by atoms with Crippen LogP contribution in [0.5, 0.6) is 0 Å². The summed E-state index contributed by atoms with van der Waals surface area (Å²) in [4.78, 5) is 11.6. The Balaban J connectivity index is 2.34. The first-order valence-electron chi connectivity index (χ1n) is 6.17. The van der Waals surface area contributed by atoms with E-state index < -0.39 is 0 Å². The number of hydrogen-bond donors (Lipinski definition) is 2. The number of carbonyl (C=O) groups is 1. The molecule has 1 unspecified atom stereocenters. The Bertz CT molecular complexity index is 202. The fourth-order valence-electron chi connectivity index (χ4n) is 2.40. The maximum Gasteiger partial charge on any atom is 0.222 e. The highest BCUT2D eigenvalue weighted by Crippen LogP contribution is 2.28. The van der Waals surface area contributed by atoms with Crippen LogP contribution in [0.4, 0.5) is 0 Å². The van der Waals surface area contributed by atoms with E-state index in [1.807, 2.05) is 0 Å². The van der Waals surface area contributed by atoms with Crippen molar-refractivity contribution in [3.05, 3.63) is 0 Å². The summed E-state index contributed by atoms with van der Waals surface area (Å²) in [5, 5.41) is 12.0. The number of nitrogens with one attached hydrogen (secondary N) is 1. The van der Waals surface area contributed by atoms with Gasteiger partial charge < -0.3 is 15.2 Å². The van der Waals surface area contributed by atoms with Gasteiger partial charge in [0.25, 0.3) is 0 Å². The number of hydrogen-bond acceptors (Lipinski definition) is 3. The molecule has 0 aromatic carbocycles. The summed E-state index contributed by atoms with van der Waals surface area (Å²) in [7, 11) is 1.59. The molecule has 1 fully saturated rings. The Kier molecular flexibility index (Phi) is 6.42. The number of rotatable bonds is 7. The zero-order chi connectivity index (χ0) is 11.8. The van der Waals surface area contributed by atoms with E-state index in [0.717, 1.165) is 0 Å². The summed E-state index contributed by atoms with van der Waals surface area (Å²) < 4.78 is 4.87. The minimum absolute atomic E-state index is 0.0344. The van der Waals surface area contributed by atoms with E-state index in [9.17, 15) is 4.79 Å². The van der Waals surface area contributed by atoms with Crippen molar-refractivity contribution in [1.29, 1.82) is 0 Å². The van der Waals surface area contributed by atoms with E-state index in [-0.39, 0.29) is 18.6 Å². The molecule has 2 N–H and O–H groups in total. The van der Waals surface area contributed by atoms with Gasteiger partial charge in [0.1, 0.15) is 0 Å². The molecular formula is C12H23NO3. The third-order valence-electron chi connectivity index (χ3n) is 3.29. The van der Waals surface area contributed by atoms with Crippen LogP contribution in [0.3, 0.4) is 0 Å². The van der Waals surface area contributed by atoms with Crippen LogP contribution in [0.1, 0.15) is 38.5 Å². The number of carbonyl (C=O) groups excluding carboxylic acids is 1. The van der Waals surface area contributed by atoms with Crippen LogP contribution in [0.25, 0.3) is 0 Å². The first-order chi connectivity index (χ1) is 7.77. The van der Waals surface area contributed by atoms with Crippen LogP contribution in [0.15, 0.2) is 0 Å². The molecule has 16 heavy (non-hydrogen) atoms. The predicted molar refractivity (Wildman–Crippen MR) is 62.1 cm³/mol. The van der Waals surface area contributed by atoms with E-state index in [0.29, 0.717) is 25.4 Å². The molecule has 1 atom stereocenters. The van der Waals surface area contributed by atoms with Crippen LogP contribution >= 0.6 is 0 Å². The van der Waals surface area contributed by atoms with Crippen LogP contribution in [-0.4, -0.2) is 37.4 Å². The van der Waals surface area contributed by atoms with E-state index in [4.69, 9.17) is 9.84 Å². The molecule has 0 heterocycles. The molecule has 0 radical (unpaired) electrons. The predicted octanol–water partition coefficient (Wildman–Crippen LogP) is 1.08. The molecule has 1 aliphatic rings. The molecule has 4 heteroatoms. The van der Waals surface area contributed by atoms with Gasteiger partial charge in [-0.05, 0) is 25.2 Å².